The van der Waals surface area contributed by atoms with Gasteiger partial charge in [0.1, 0.15) is 5.54 Å². The van der Waals surface area contributed by atoms with Crippen molar-refractivity contribution >= 4 is 5.97 Å². The molecule has 1 atom stereocenters. The van der Waals surface area contributed by atoms with E-state index in [2.05, 4.69) is 5.32 Å². The van der Waals surface area contributed by atoms with Gasteiger partial charge in [-0.15, -0.1) is 0 Å². The number of hydrogen-bond acceptors (Lipinski definition) is 4. The summed E-state index contributed by atoms with van der Waals surface area (Å²) in [6, 6.07) is 4.88. The second-order valence-electron chi connectivity index (χ2n) is 5.44. The van der Waals surface area contributed by atoms with Gasteiger partial charge in [-0.3, -0.25) is 5.32 Å². The van der Waals surface area contributed by atoms with E-state index in [1.807, 2.05) is 0 Å². The van der Waals surface area contributed by atoms with Gasteiger partial charge >= 0.3 is 5.97 Å². The van der Waals surface area contributed by atoms with Gasteiger partial charge in [-0.05, 0) is 37.5 Å². The van der Waals surface area contributed by atoms with Gasteiger partial charge in [0.2, 0.25) is 0 Å². The van der Waals surface area contributed by atoms with E-state index in [1.54, 1.807) is 19.1 Å². The number of rotatable bonds is 5. The standard InChI is InChI=1S/C15H21NO4/c1-15(14(18)19,16-11-5-3-4-6-11)10-7-8-12(17)13(9-10)20-2/h7-9,11,16-17H,3-6H2,1-2H3,(H,18,19). The maximum absolute atomic E-state index is 11.7. The fraction of sp³-hybridized carbons (Fsp3) is 0.533. The average Bonchev–Trinajstić information content (AvgIpc) is 2.91. The molecule has 20 heavy (non-hydrogen) atoms. The molecule has 1 aromatic rings. The number of phenolic OH excluding ortho intramolecular Hbond substituents is 1. The van der Waals surface area contributed by atoms with Crippen molar-refractivity contribution in [1.29, 1.82) is 0 Å². The lowest BCUT2D eigenvalue weighted by Crippen LogP contribution is -2.50. The van der Waals surface area contributed by atoms with E-state index in [4.69, 9.17) is 4.74 Å². The Hall–Kier alpha value is -1.75. The minimum Gasteiger partial charge on any atom is -0.504 e. The van der Waals surface area contributed by atoms with E-state index in [9.17, 15) is 15.0 Å². The maximum Gasteiger partial charge on any atom is 0.328 e. The van der Waals surface area contributed by atoms with Crippen LogP contribution in [0.4, 0.5) is 0 Å². The van der Waals surface area contributed by atoms with E-state index >= 15 is 0 Å². The molecule has 1 aliphatic carbocycles. The van der Waals surface area contributed by atoms with Crippen molar-refractivity contribution in [1.82, 2.24) is 5.32 Å². The van der Waals surface area contributed by atoms with Gasteiger partial charge < -0.3 is 14.9 Å². The molecule has 1 aromatic carbocycles. The number of hydrogen-bond donors (Lipinski definition) is 3. The first-order valence-electron chi connectivity index (χ1n) is 6.86. The molecule has 0 saturated heterocycles. The van der Waals surface area contributed by atoms with Crippen LogP contribution in [0.2, 0.25) is 0 Å². The molecule has 0 heterocycles. The third-order valence-corrected chi connectivity index (χ3v) is 4.03. The molecule has 2 rings (SSSR count). The first kappa shape index (κ1) is 14.7. The van der Waals surface area contributed by atoms with E-state index < -0.39 is 11.5 Å². The Kier molecular flexibility index (Phi) is 4.18. The zero-order chi connectivity index (χ0) is 14.8. The zero-order valence-electron chi connectivity index (χ0n) is 11.8. The fourth-order valence-corrected chi connectivity index (χ4v) is 2.74. The lowest BCUT2D eigenvalue weighted by atomic mass is 9.90. The molecular weight excluding hydrogens is 258 g/mol. The number of carbonyl (C=O) groups is 1. The van der Waals surface area contributed by atoms with Crippen LogP contribution < -0.4 is 10.1 Å². The first-order valence-corrected chi connectivity index (χ1v) is 6.86. The lowest BCUT2D eigenvalue weighted by Gasteiger charge is -2.30. The Morgan fingerprint density at radius 2 is 2.05 bits per heavy atom. The molecule has 1 saturated carbocycles. The highest BCUT2D eigenvalue weighted by Crippen LogP contribution is 2.33. The molecule has 1 unspecified atom stereocenters. The zero-order valence-corrected chi connectivity index (χ0v) is 11.8. The highest BCUT2D eigenvalue weighted by atomic mass is 16.5. The monoisotopic (exact) mass is 279 g/mol. The van der Waals surface area contributed by atoms with Crippen LogP contribution in [0.3, 0.4) is 0 Å². The highest BCUT2D eigenvalue weighted by molar-refractivity contribution is 5.80. The van der Waals surface area contributed by atoms with Crippen molar-refractivity contribution in [2.24, 2.45) is 0 Å². The molecule has 3 N–H and O–H groups in total. The van der Waals surface area contributed by atoms with Gasteiger partial charge in [0, 0.05) is 6.04 Å². The first-order chi connectivity index (χ1) is 9.47. The van der Waals surface area contributed by atoms with E-state index in [-0.39, 0.29) is 17.5 Å². The van der Waals surface area contributed by atoms with E-state index in [1.165, 1.54) is 13.2 Å². The molecule has 0 amide bonds. The average molecular weight is 279 g/mol. The maximum atomic E-state index is 11.7. The Labute approximate surface area is 118 Å². The Bertz CT molecular complexity index is 497. The number of aliphatic carboxylic acids is 1. The largest absolute Gasteiger partial charge is 0.504 e. The summed E-state index contributed by atoms with van der Waals surface area (Å²) in [5.41, 5.74) is -0.609. The van der Waals surface area contributed by atoms with Crippen LogP contribution in [0.1, 0.15) is 38.2 Å². The van der Waals surface area contributed by atoms with E-state index in [0.29, 0.717) is 5.56 Å². The number of phenols is 1. The van der Waals surface area contributed by atoms with Gasteiger partial charge in [-0.1, -0.05) is 18.9 Å². The van der Waals surface area contributed by atoms with Crippen molar-refractivity contribution in [3.8, 4) is 11.5 Å². The second kappa shape index (κ2) is 5.71. The van der Waals surface area contributed by atoms with Crippen molar-refractivity contribution in [2.45, 2.75) is 44.2 Å². The summed E-state index contributed by atoms with van der Waals surface area (Å²) in [5.74, 6) is -0.648. The number of carboxylic acid groups (broad SMARTS) is 1. The van der Waals surface area contributed by atoms with Crippen LogP contribution >= 0.6 is 0 Å². The fourth-order valence-electron chi connectivity index (χ4n) is 2.74. The summed E-state index contributed by atoms with van der Waals surface area (Å²) >= 11 is 0. The molecule has 0 radical (unpaired) electrons. The molecule has 0 spiro atoms. The van der Waals surface area contributed by atoms with Gasteiger partial charge in [-0.25, -0.2) is 4.79 Å². The van der Waals surface area contributed by atoms with Crippen molar-refractivity contribution in [2.75, 3.05) is 7.11 Å². The minimum absolute atomic E-state index is 0.00450. The van der Waals surface area contributed by atoms with Crippen LogP contribution in [0.15, 0.2) is 18.2 Å². The smallest absolute Gasteiger partial charge is 0.328 e. The molecule has 0 aliphatic heterocycles. The topological polar surface area (TPSA) is 78.8 Å². The van der Waals surface area contributed by atoms with Gasteiger partial charge in [0.05, 0.1) is 7.11 Å². The summed E-state index contributed by atoms with van der Waals surface area (Å²) in [5, 5.41) is 22.5. The SMILES string of the molecule is COc1cc(C(C)(NC2CCCC2)C(=O)O)ccc1O. The van der Waals surface area contributed by atoms with Gasteiger partial charge in [0.25, 0.3) is 0 Å². The molecule has 0 aromatic heterocycles. The molecule has 110 valence electrons. The third kappa shape index (κ3) is 2.72. The predicted octanol–water partition coefficient (Wildman–Crippen LogP) is 2.23. The number of ether oxygens (including phenoxy) is 1. The summed E-state index contributed by atoms with van der Waals surface area (Å²) in [6.07, 6.45) is 4.26. The normalized spacial score (nSPS) is 18.7. The number of benzene rings is 1. The number of methoxy groups -OCH3 is 1. The number of carboxylic acids is 1. The van der Waals surface area contributed by atoms with Crippen LogP contribution in [0, 0.1) is 0 Å². The summed E-state index contributed by atoms with van der Waals surface area (Å²) < 4.78 is 5.06. The summed E-state index contributed by atoms with van der Waals surface area (Å²) in [4.78, 5) is 11.7. The third-order valence-electron chi connectivity index (χ3n) is 4.03. The molecule has 0 bridgehead atoms. The Morgan fingerprint density at radius 1 is 1.40 bits per heavy atom. The molecule has 5 nitrogen and oxygen atoms in total. The molecular formula is C15H21NO4. The Morgan fingerprint density at radius 3 is 2.60 bits per heavy atom. The van der Waals surface area contributed by atoms with Crippen LogP contribution in [0.5, 0.6) is 11.5 Å². The number of nitrogens with one attached hydrogen (secondary N) is 1. The highest BCUT2D eigenvalue weighted by Gasteiger charge is 2.38. The van der Waals surface area contributed by atoms with E-state index in [0.717, 1.165) is 25.7 Å². The van der Waals surface area contributed by atoms with Gasteiger partial charge in [-0.2, -0.15) is 0 Å². The lowest BCUT2D eigenvalue weighted by molar-refractivity contribution is -0.145. The molecule has 5 heteroatoms. The van der Waals surface area contributed by atoms with Crippen molar-refractivity contribution < 1.29 is 19.7 Å². The second-order valence-corrected chi connectivity index (χ2v) is 5.44. The van der Waals surface area contributed by atoms with Gasteiger partial charge in [0.15, 0.2) is 11.5 Å². The summed E-state index contributed by atoms with van der Waals surface area (Å²) in [6.45, 7) is 1.65. The Balaban J connectivity index is 2.33. The van der Waals surface area contributed by atoms with Crippen LogP contribution in [-0.4, -0.2) is 29.3 Å². The summed E-state index contributed by atoms with van der Waals surface area (Å²) in [7, 11) is 1.45. The quantitative estimate of drug-likeness (QED) is 0.770. The van der Waals surface area contributed by atoms with Crippen molar-refractivity contribution in [3.05, 3.63) is 23.8 Å². The predicted molar refractivity (Wildman–Crippen MR) is 75.0 cm³/mol. The molecule has 1 fully saturated rings. The van der Waals surface area contributed by atoms with Crippen LogP contribution in [-0.2, 0) is 10.3 Å². The minimum atomic E-state index is -1.18. The molecule has 1 aliphatic rings. The number of aromatic hydroxyl groups is 1. The van der Waals surface area contributed by atoms with Crippen molar-refractivity contribution in [3.63, 3.8) is 0 Å². The van der Waals surface area contributed by atoms with Crippen LogP contribution in [0.25, 0.3) is 0 Å².